The van der Waals surface area contributed by atoms with Gasteiger partial charge in [0.15, 0.2) is 6.61 Å². The van der Waals surface area contributed by atoms with E-state index in [1.54, 1.807) is 18.2 Å². The van der Waals surface area contributed by atoms with Gasteiger partial charge < -0.3 is 10.1 Å². The van der Waals surface area contributed by atoms with Gasteiger partial charge in [-0.05, 0) is 55.0 Å². The highest BCUT2D eigenvalue weighted by atomic mass is 35.5. The third-order valence-corrected chi connectivity index (χ3v) is 3.90. The minimum absolute atomic E-state index is 0.0595. The summed E-state index contributed by atoms with van der Waals surface area (Å²) in [5, 5.41) is 6.73. The Labute approximate surface area is 153 Å². The lowest BCUT2D eigenvalue weighted by Crippen LogP contribution is -2.20. The molecular formula is C19H23ClN3O2+. The van der Waals surface area contributed by atoms with Crippen molar-refractivity contribution in [1.29, 1.82) is 0 Å². The number of hydrogen-bond acceptors (Lipinski definition) is 2. The van der Waals surface area contributed by atoms with E-state index in [-0.39, 0.29) is 12.5 Å². The Hall–Kier alpha value is -2.53. The standard InChI is InChI=1S/C19H22ClN3O2/c1-13-11-15(20)5-10-18(13)25-12-19(24)22-17-8-6-16(7-9-17)21-14(2)23(3)4/h5-11H,12H2,1-4H3,(H,22,24)/p+1. The van der Waals surface area contributed by atoms with E-state index in [0.717, 1.165) is 22.8 Å². The molecule has 0 saturated heterocycles. The monoisotopic (exact) mass is 360 g/mol. The Balaban J connectivity index is 1.89. The van der Waals surface area contributed by atoms with E-state index in [9.17, 15) is 4.79 Å². The maximum absolute atomic E-state index is 12.0. The first-order valence-electron chi connectivity index (χ1n) is 7.92. The van der Waals surface area contributed by atoms with Crippen molar-refractivity contribution in [3.63, 3.8) is 0 Å². The van der Waals surface area contributed by atoms with E-state index in [2.05, 4.69) is 10.6 Å². The summed E-state index contributed by atoms with van der Waals surface area (Å²) in [5.41, 5.74) is 2.56. The highest BCUT2D eigenvalue weighted by molar-refractivity contribution is 6.30. The molecule has 132 valence electrons. The third-order valence-electron chi connectivity index (χ3n) is 3.66. The number of carbonyl (C=O) groups is 1. The molecule has 25 heavy (non-hydrogen) atoms. The maximum atomic E-state index is 12.0. The quantitative estimate of drug-likeness (QED) is 0.485. The molecular weight excluding hydrogens is 338 g/mol. The van der Waals surface area contributed by atoms with E-state index in [1.807, 2.05) is 56.8 Å². The summed E-state index contributed by atoms with van der Waals surface area (Å²) in [7, 11) is 3.94. The van der Waals surface area contributed by atoms with Gasteiger partial charge in [0.1, 0.15) is 11.4 Å². The number of halogens is 1. The van der Waals surface area contributed by atoms with Crippen LogP contribution in [-0.2, 0) is 4.79 Å². The Kier molecular flexibility index (Phi) is 6.42. The van der Waals surface area contributed by atoms with Crippen molar-refractivity contribution >= 4 is 34.7 Å². The fourth-order valence-corrected chi connectivity index (χ4v) is 2.30. The number of nitrogens with one attached hydrogen (secondary N) is 2. The SMILES string of the molecule is CC(Nc1ccc(NC(=O)COc2ccc(Cl)cc2C)cc1)=[N+](C)C. The predicted octanol–water partition coefficient (Wildman–Crippen LogP) is 3.77. The molecule has 0 fully saturated rings. The van der Waals surface area contributed by atoms with Crippen LogP contribution in [0.2, 0.25) is 5.02 Å². The Morgan fingerprint density at radius 2 is 1.68 bits per heavy atom. The number of rotatable bonds is 5. The van der Waals surface area contributed by atoms with Crippen LogP contribution in [-0.4, -0.2) is 37.0 Å². The molecule has 0 aromatic heterocycles. The van der Waals surface area contributed by atoms with Crippen molar-refractivity contribution in [3.05, 3.63) is 53.1 Å². The van der Waals surface area contributed by atoms with Crippen LogP contribution in [0.4, 0.5) is 11.4 Å². The topological polar surface area (TPSA) is 53.4 Å². The van der Waals surface area contributed by atoms with Crippen LogP contribution in [0.15, 0.2) is 42.5 Å². The predicted molar refractivity (Wildman–Crippen MR) is 103 cm³/mol. The number of anilines is 2. The van der Waals surface area contributed by atoms with Crippen LogP contribution in [0.5, 0.6) is 5.75 Å². The molecule has 0 bridgehead atoms. The average Bonchev–Trinajstić information content (AvgIpc) is 2.55. The first kappa shape index (κ1) is 18.8. The van der Waals surface area contributed by atoms with Gasteiger partial charge in [-0.1, -0.05) is 11.6 Å². The second kappa shape index (κ2) is 8.53. The summed E-state index contributed by atoms with van der Waals surface area (Å²) in [4.78, 5) is 12.0. The molecule has 0 aliphatic heterocycles. The molecule has 1 amide bonds. The van der Waals surface area contributed by atoms with Crippen molar-refractivity contribution in [2.45, 2.75) is 13.8 Å². The number of ether oxygens (including phenoxy) is 1. The molecule has 0 radical (unpaired) electrons. The van der Waals surface area contributed by atoms with E-state index in [0.29, 0.717) is 10.8 Å². The number of amides is 1. The highest BCUT2D eigenvalue weighted by Crippen LogP contribution is 2.21. The zero-order valence-corrected chi connectivity index (χ0v) is 15.6. The molecule has 0 aliphatic rings. The Bertz CT molecular complexity index is 782. The smallest absolute Gasteiger partial charge is 0.262 e. The molecule has 0 unspecified atom stereocenters. The van der Waals surface area contributed by atoms with Crippen LogP contribution in [0.1, 0.15) is 12.5 Å². The normalized spacial score (nSPS) is 10.1. The summed E-state index contributed by atoms with van der Waals surface area (Å²) in [5.74, 6) is 1.46. The van der Waals surface area contributed by atoms with Gasteiger partial charge in [0.2, 0.25) is 5.84 Å². The molecule has 2 aromatic rings. The summed E-state index contributed by atoms with van der Waals surface area (Å²) < 4.78 is 7.53. The van der Waals surface area contributed by atoms with E-state index >= 15 is 0 Å². The molecule has 2 aromatic carbocycles. The lowest BCUT2D eigenvalue weighted by Gasteiger charge is -2.10. The van der Waals surface area contributed by atoms with E-state index < -0.39 is 0 Å². The van der Waals surface area contributed by atoms with Gasteiger partial charge in [0.05, 0.1) is 14.1 Å². The van der Waals surface area contributed by atoms with Crippen LogP contribution >= 0.6 is 11.6 Å². The number of hydrogen-bond donors (Lipinski definition) is 2. The van der Waals surface area contributed by atoms with Crippen molar-refractivity contribution < 1.29 is 14.1 Å². The average molecular weight is 361 g/mol. The molecule has 5 nitrogen and oxygen atoms in total. The van der Waals surface area contributed by atoms with Crippen LogP contribution in [0.25, 0.3) is 0 Å². The van der Waals surface area contributed by atoms with Crippen molar-refractivity contribution in [3.8, 4) is 5.75 Å². The van der Waals surface area contributed by atoms with E-state index in [1.165, 1.54) is 0 Å². The number of carbonyl (C=O) groups excluding carboxylic acids is 1. The third kappa shape index (κ3) is 5.80. The Morgan fingerprint density at radius 1 is 1.08 bits per heavy atom. The Morgan fingerprint density at radius 3 is 2.24 bits per heavy atom. The number of amidine groups is 1. The number of nitrogens with zero attached hydrogens (tertiary/aromatic N) is 1. The van der Waals surface area contributed by atoms with Gasteiger partial charge in [0.25, 0.3) is 5.91 Å². The molecule has 0 saturated carbocycles. The van der Waals surface area contributed by atoms with Gasteiger partial charge in [-0.15, -0.1) is 0 Å². The van der Waals surface area contributed by atoms with Crippen molar-refractivity contribution in [2.75, 3.05) is 31.3 Å². The fourth-order valence-electron chi connectivity index (χ4n) is 2.07. The minimum Gasteiger partial charge on any atom is -0.483 e. The largest absolute Gasteiger partial charge is 0.483 e. The molecule has 0 heterocycles. The summed E-state index contributed by atoms with van der Waals surface area (Å²) in [6, 6.07) is 12.8. The summed E-state index contributed by atoms with van der Waals surface area (Å²) in [6.07, 6.45) is 0. The van der Waals surface area contributed by atoms with Crippen molar-refractivity contribution in [2.24, 2.45) is 0 Å². The van der Waals surface area contributed by atoms with E-state index in [4.69, 9.17) is 16.3 Å². The van der Waals surface area contributed by atoms with Gasteiger partial charge in [-0.2, -0.15) is 0 Å². The molecule has 0 atom stereocenters. The van der Waals surface area contributed by atoms with Crippen molar-refractivity contribution in [1.82, 2.24) is 0 Å². The van der Waals surface area contributed by atoms with Gasteiger partial charge >= 0.3 is 0 Å². The molecule has 0 aliphatic carbocycles. The second-order valence-corrected chi connectivity index (χ2v) is 6.37. The molecule has 6 heteroatoms. The number of benzene rings is 2. The van der Waals surface area contributed by atoms with Gasteiger partial charge in [0, 0.05) is 17.6 Å². The zero-order chi connectivity index (χ0) is 18.4. The maximum Gasteiger partial charge on any atom is 0.262 e. The summed E-state index contributed by atoms with van der Waals surface area (Å²) in [6.45, 7) is 3.82. The molecule has 2 N–H and O–H groups in total. The zero-order valence-electron chi connectivity index (χ0n) is 14.9. The highest BCUT2D eigenvalue weighted by Gasteiger charge is 2.07. The first-order chi connectivity index (χ1) is 11.8. The van der Waals surface area contributed by atoms with Gasteiger partial charge in [-0.25, -0.2) is 5.32 Å². The fraction of sp³-hybridized carbons (Fsp3) is 0.263. The first-order valence-corrected chi connectivity index (χ1v) is 8.29. The van der Waals surface area contributed by atoms with Crippen LogP contribution < -0.4 is 15.4 Å². The molecule has 0 spiro atoms. The summed E-state index contributed by atoms with van der Waals surface area (Å²) >= 11 is 5.90. The van der Waals surface area contributed by atoms with Gasteiger partial charge in [-0.3, -0.25) is 9.37 Å². The second-order valence-electron chi connectivity index (χ2n) is 5.93. The number of aryl methyl sites for hydroxylation is 1. The van der Waals surface area contributed by atoms with Crippen LogP contribution in [0.3, 0.4) is 0 Å². The lowest BCUT2D eigenvalue weighted by atomic mass is 10.2. The molecule has 2 rings (SSSR count). The lowest BCUT2D eigenvalue weighted by molar-refractivity contribution is -0.464. The van der Waals surface area contributed by atoms with Crippen LogP contribution in [0, 0.1) is 6.92 Å². The minimum atomic E-state index is -0.217.